The predicted octanol–water partition coefficient (Wildman–Crippen LogP) is 1.08. The Morgan fingerprint density at radius 2 is 1.61 bits per heavy atom. The highest BCUT2D eigenvalue weighted by Crippen LogP contribution is 2.29. The second kappa shape index (κ2) is 11.5. The Balaban J connectivity index is 2.11. The first-order valence-corrected chi connectivity index (χ1v) is 9.28. The number of carbonyl (C=O) groups excluding carboxylic acids is 3. The molecule has 0 fully saturated rings. The molecule has 1 heterocycles. The molecule has 0 bridgehead atoms. The van der Waals surface area contributed by atoms with Crippen molar-refractivity contribution in [1.82, 2.24) is 9.88 Å². The minimum absolute atomic E-state index is 0.106. The first-order chi connectivity index (χ1) is 14.8. The largest absolute Gasteiger partial charge is 0.478 e. The van der Waals surface area contributed by atoms with Crippen molar-refractivity contribution in [2.24, 2.45) is 0 Å². The second-order valence-electron chi connectivity index (χ2n) is 6.54. The Hall–Kier alpha value is -3.66. The van der Waals surface area contributed by atoms with Gasteiger partial charge in [0.2, 0.25) is 0 Å². The zero-order chi connectivity index (χ0) is 22.8. The van der Waals surface area contributed by atoms with Gasteiger partial charge in [-0.2, -0.15) is 0 Å². The van der Waals surface area contributed by atoms with Gasteiger partial charge < -0.3 is 24.7 Å². The number of Topliss-reactive ketones (excluding diaryl/α,β-unsaturated/α-hetero) is 1. The molecule has 0 radical (unpaired) electrons. The summed E-state index contributed by atoms with van der Waals surface area (Å²) in [5, 5.41) is 0. The van der Waals surface area contributed by atoms with Gasteiger partial charge in [-0.15, -0.1) is 0 Å². The zero-order valence-corrected chi connectivity index (χ0v) is 17.6. The van der Waals surface area contributed by atoms with E-state index in [-0.39, 0.29) is 37.0 Å². The number of carbonyl (C=O) groups is 3. The van der Waals surface area contributed by atoms with Crippen LogP contribution in [0.3, 0.4) is 0 Å². The molecule has 10 heteroatoms. The molecule has 0 spiro atoms. The lowest BCUT2D eigenvalue weighted by Gasteiger charge is -2.17. The van der Waals surface area contributed by atoms with Gasteiger partial charge in [-0.3, -0.25) is 9.69 Å². The van der Waals surface area contributed by atoms with Crippen molar-refractivity contribution in [3.8, 4) is 11.5 Å². The van der Waals surface area contributed by atoms with Gasteiger partial charge in [-0.05, 0) is 37.4 Å². The van der Waals surface area contributed by atoms with E-state index in [1.54, 1.807) is 30.1 Å². The van der Waals surface area contributed by atoms with Crippen molar-refractivity contribution in [3.63, 3.8) is 0 Å². The van der Waals surface area contributed by atoms with Crippen LogP contribution in [-0.4, -0.2) is 68.6 Å². The molecule has 1 aromatic carbocycles. The number of aromatic nitrogens is 1. The highest BCUT2D eigenvalue weighted by atomic mass is 16.6. The first kappa shape index (κ1) is 23.6. The number of pyridine rings is 1. The van der Waals surface area contributed by atoms with Crippen LogP contribution in [0.15, 0.2) is 36.4 Å². The van der Waals surface area contributed by atoms with Crippen LogP contribution in [0.4, 0.5) is 5.82 Å². The van der Waals surface area contributed by atoms with Gasteiger partial charge >= 0.3 is 11.9 Å². The summed E-state index contributed by atoms with van der Waals surface area (Å²) in [5.41, 5.74) is 6.77. The van der Waals surface area contributed by atoms with Crippen molar-refractivity contribution in [2.45, 2.75) is 6.54 Å². The average Bonchev–Trinajstić information content (AvgIpc) is 2.75. The van der Waals surface area contributed by atoms with Crippen LogP contribution in [0.25, 0.3) is 0 Å². The third-order valence-electron chi connectivity index (χ3n) is 4.09. The van der Waals surface area contributed by atoms with Crippen molar-refractivity contribution in [1.29, 1.82) is 0 Å². The molecule has 0 aliphatic heterocycles. The number of ether oxygens (including phenoxy) is 4. The summed E-state index contributed by atoms with van der Waals surface area (Å²) in [6.45, 7) is -0.198. The number of nitrogen functional groups attached to an aromatic ring is 1. The highest BCUT2D eigenvalue weighted by Gasteiger charge is 2.16. The molecular formula is C21H25N3O7. The SMILES string of the molecule is COC(=O)COc1ccc(C(=O)CN(C)Cc2cccc(N)n2)cc1OCC(=O)OC. The van der Waals surface area contributed by atoms with E-state index >= 15 is 0 Å². The number of anilines is 1. The van der Waals surface area contributed by atoms with Crippen LogP contribution in [0.1, 0.15) is 16.1 Å². The van der Waals surface area contributed by atoms with Crippen LogP contribution < -0.4 is 15.2 Å². The van der Waals surface area contributed by atoms with E-state index < -0.39 is 11.9 Å². The van der Waals surface area contributed by atoms with E-state index in [9.17, 15) is 14.4 Å². The molecule has 10 nitrogen and oxygen atoms in total. The summed E-state index contributed by atoms with van der Waals surface area (Å²) in [4.78, 5) is 41.5. The molecule has 1 aromatic heterocycles. The molecule has 166 valence electrons. The summed E-state index contributed by atoms with van der Waals surface area (Å²) in [6.07, 6.45) is 0. The van der Waals surface area contributed by atoms with E-state index in [0.717, 1.165) is 5.69 Å². The maximum Gasteiger partial charge on any atom is 0.343 e. The Morgan fingerprint density at radius 3 is 2.23 bits per heavy atom. The number of hydrogen-bond acceptors (Lipinski definition) is 10. The fourth-order valence-corrected chi connectivity index (χ4v) is 2.56. The number of esters is 2. The number of ketones is 1. The number of likely N-dealkylation sites (N-methyl/N-ethyl adjacent to an activating group) is 1. The maximum atomic E-state index is 12.7. The number of hydrogen-bond donors (Lipinski definition) is 1. The van der Waals surface area contributed by atoms with Crippen molar-refractivity contribution in [2.75, 3.05) is 46.8 Å². The minimum Gasteiger partial charge on any atom is -0.478 e. The second-order valence-corrected chi connectivity index (χ2v) is 6.54. The summed E-state index contributed by atoms with van der Waals surface area (Å²) in [7, 11) is 4.24. The fraction of sp³-hybridized carbons (Fsp3) is 0.333. The van der Waals surface area contributed by atoms with Gasteiger partial charge in [-0.25, -0.2) is 14.6 Å². The van der Waals surface area contributed by atoms with Crippen LogP contribution >= 0.6 is 0 Å². The van der Waals surface area contributed by atoms with E-state index in [0.29, 0.717) is 17.9 Å². The Labute approximate surface area is 179 Å². The molecule has 0 amide bonds. The Morgan fingerprint density at radius 1 is 0.968 bits per heavy atom. The standard InChI is InChI=1S/C21H25N3O7/c1-24(10-15-5-4-6-19(22)23-15)11-16(25)14-7-8-17(30-12-20(26)28-2)18(9-14)31-13-21(27)29-3/h4-9H,10-13H2,1-3H3,(H2,22,23). The third kappa shape index (κ3) is 7.59. The molecule has 2 aromatic rings. The summed E-state index contributed by atoms with van der Waals surface area (Å²) in [6, 6.07) is 9.79. The summed E-state index contributed by atoms with van der Waals surface area (Å²) in [5.74, 6) is -0.662. The van der Waals surface area contributed by atoms with E-state index in [2.05, 4.69) is 14.5 Å². The van der Waals surface area contributed by atoms with Crippen molar-refractivity contribution >= 4 is 23.5 Å². The van der Waals surface area contributed by atoms with Gasteiger partial charge in [0.15, 0.2) is 30.5 Å². The molecule has 31 heavy (non-hydrogen) atoms. The topological polar surface area (TPSA) is 130 Å². The van der Waals surface area contributed by atoms with E-state index in [4.69, 9.17) is 15.2 Å². The molecule has 2 N–H and O–H groups in total. The molecule has 0 aliphatic carbocycles. The quantitative estimate of drug-likeness (QED) is 0.407. The summed E-state index contributed by atoms with van der Waals surface area (Å²) >= 11 is 0. The van der Waals surface area contributed by atoms with Crippen LogP contribution in [0, 0.1) is 0 Å². The average molecular weight is 431 g/mol. The van der Waals surface area contributed by atoms with Gasteiger partial charge in [0, 0.05) is 12.1 Å². The number of rotatable bonds is 11. The highest BCUT2D eigenvalue weighted by molar-refractivity contribution is 5.98. The molecular weight excluding hydrogens is 406 g/mol. The predicted molar refractivity (Wildman–Crippen MR) is 111 cm³/mol. The third-order valence-corrected chi connectivity index (χ3v) is 4.09. The minimum atomic E-state index is -0.606. The van der Waals surface area contributed by atoms with Gasteiger partial charge in [-0.1, -0.05) is 6.07 Å². The fourth-order valence-electron chi connectivity index (χ4n) is 2.56. The smallest absolute Gasteiger partial charge is 0.343 e. The summed E-state index contributed by atoms with van der Waals surface area (Å²) < 4.78 is 19.9. The maximum absolute atomic E-state index is 12.7. The lowest BCUT2D eigenvalue weighted by Crippen LogP contribution is -2.26. The van der Waals surface area contributed by atoms with Crippen LogP contribution in [-0.2, 0) is 25.6 Å². The number of methoxy groups -OCH3 is 2. The van der Waals surface area contributed by atoms with E-state index in [1.807, 2.05) is 6.07 Å². The Kier molecular flexibility index (Phi) is 8.77. The van der Waals surface area contributed by atoms with Crippen LogP contribution in [0.2, 0.25) is 0 Å². The number of nitrogens with zero attached hydrogens (tertiary/aromatic N) is 2. The van der Waals surface area contributed by atoms with E-state index in [1.165, 1.54) is 26.4 Å². The van der Waals surface area contributed by atoms with Gasteiger partial charge in [0.05, 0.1) is 26.5 Å². The van der Waals surface area contributed by atoms with Crippen molar-refractivity contribution < 1.29 is 33.3 Å². The number of nitrogens with two attached hydrogens (primary N) is 1. The molecule has 0 saturated heterocycles. The first-order valence-electron chi connectivity index (χ1n) is 9.28. The Bertz CT molecular complexity index is 933. The lowest BCUT2D eigenvalue weighted by molar-refractivity contribution is -0.144. The molecule has 0 saturated carbocycles. The van der Waals surface area contributed by atoms with Gasteiger partial charge in [0.25, 0.3) is 0 Å². The molecule has 2 rings (SSSR count). The molecule has 0 unspecified atom stereocenters. The van der Waals surface area contributed by atoms with Crippen LogP contribution in [0.5, 0.6) is 11.5 Å². The number of benzene rings is 1. The molecule has 0 aliphatic rings. The normalized spacial score (nSPS) is 10.5. The lowest BCUT2D eigenvalue weighted by atomic mass is 10.1. The zero-order valence-electron chi connectivity index (χ0n) is 17.6. The van der Waals surface area contributed by atoms with Crippen molar-refractivity contribution in [3.05, 3.63) is 47.7 Å². The van der Waals surface area contributed by atoms with Gasteiger partial charge in [0.1, 0.15) is 5.82 Å². The molecule has 0 atom stereocenters. The monoisotopic (exact) mass is 431 g/mol.